The van der Waals surface area contributed by atoms with Crippen LogP contribution in [0, 0.1) is 34.5 Å². The maximum Gasteiger partial charge on any atom is 0.246 e. The molecule has 4 nitrogen and oxygen atoms in total. The highest BCUT2D eigenvalue weighted by atomic mass is 16.2. The number of amides is 2. The summed E-state index contributed by atoms with van der Waals surface area (Å²) in [6.07, 6.45) is 10.9. The fourth-order valence-corrected chi connectivity index (χ4v) is 8.04. The van der Waals surface area contributed by atoms with Gasteiger partial charge in [-0.15, -0.1) is 0 Å². The highest BCUT2D eigenvalue weighted by Crippen LogP contribution is 2.65. The zero-order chi connectivity index (χ0) is 22.1. The van der Waals surface area contributed by atoms with Crippen LogP contribution in [0.25, 0.3) is 0 Å². The van der Waals surface area contributed by atoms with Crippen LogP contribution in [0.5, 0.6) is 0 Å². The van der Waals surface area contributed by atoms with Crippen LogP contribution in [0.2, 0.25) is 0 Å². The van der Waals surface area contributed by atoms with E-state index in [1.165, 1.54) is 19.3 Å². The summed E-state index contributed by atoms with van der Waals surface area (Å²) in [6.45, 7) is 15.4. The quantitative estimate of drug-likeness (QED) is 0.696. The molecular formula is C26H42N2O2. The Labute approximate surface area is 183 Å². The Morgan fingerprint density at radius 2 is 1.80 bits per heavy atom. The van der Waals surface area contributed by atoms with Gasteiger partial charge in [-0.05, 0) is 102 Å². The molecule has 1 aliphatic heterocycles. The second-order valence-corrected chi connectivity index (χ2v) is 12.4. The standard InChI is InChI=1S/C26H42N2O2/c1-16(2)28-21-11-8-17-18-9-10-20(23(30)27-24(3,4)5)25(18,6)14-12-19(17)26(21,7)15-13-22(28)29/h13,15-21H,8-12,14H2,1-7H3,(H,27,30). The Hall–Kier alpha value is -1.32. The van der Waals surface area contributed by atoms with Gasteiger partial charge >= 0.3 is 0 Å². The Kier molecular flexibility index (Phi) is 5.18. The molecule has 30 heavy (non-hydrogen) atoms. The largest absolute Gasteiger partial charge is 0.351 e. The number of carbonyl (C=O) groups excluding carboxylic acids is 2. The first-order valence-corrected chi connectivity index (χ1v) is 12.2. The van der Waals surface area contributed by atoms with Gasteiger partial charge in [0, 0.05) is 29.0 Å². The molecule has 3 saturated carbocycles. The van der Waals surface area contributed by atoms with E-state index in [1.54, 1.807) is 0 Å². The SMILES string of the molecule is CC(C)N1C(=O)C=CC2(C)C3CCC4(C)C(C(=O)NC(C)(C)C)CCC4C3CCC12. The number of fused-ring (bicyclic) bond motifs is 5. The van der Waals surface area contributed by atoms with Crippen molar-refractivity contribution in [1.29, 1.82) is 0 Å². The first-order valence-electron chi connectivity index (χ1n) is 12.2. The van der Waals surface area contributed by atoms with E-state index in [0.29, 0.717) is 23.8 Å². The number of carbonyl (C=O) groups is 2. The molecule has 0 aromatic heterocycles. The van der Waals surface area contributed by atoms with Gasteiger partial charge in [0.1, 0.15) is 0 Å². The summed E-state index contributed by atoms with van der Waals surface area (Å²) in [4.78, 5) is 28.0. The highest BCUT2D eigenvalue weighted by Gasteiger charge is 2.61. The fraction of sp³-hybridized carbons (Fsp3) is 0.846. The molecule has 1 heterocycles. The molecule has 2 amide bonds. The minimum Gasteiger partial charge on any atom is -0.351 e. The third-order valence-electron chi connectivity index (χ3n) is 9.27. The van der Waals surface area contributed by atoms with E-state index >= 15 is 0 Å². The van der Waals surface area contributed by atoms with E-state index in [2.05, 4.69) is 64.8 Å². The number of hydrogen-bond acceptors (Lipinski definition) is 2. The van der Waals surface area contributed by atoms with Crippen molar-refractivity contribution in [3.05, 3.63) is 12.2 Å². The summed E-state index contributed by atoms with van der Waals surface area (Å²) < 4.78 is 0. The van der Waals surface area contributed by atoms with Gasteiger partial charge in [-0.3, -0.25) is 9.59 Å². The van der Waals surface area contributed by atoms with Gasteiger partial charge in [-0.25, -0.2) is 0 Å². The van der Waals surface area contributed by atoms with Crippen LogP contribution >= 0.6 is 0 Å². The monoisotopic (exact) mass is 414 g/mol. The van der Waals surface area contributed by atoms with E-state index in [0.717, 1.165) is 19.3 Å². The molecule has 7 unspecified atom stereocenters. The van der Waals surface area contributed by atoms with Gasteiger partial charge < -0.3 is 10.2 Å². The van der Waals surface area contributed by atoms with Crippen molar-refractivity contribution in [2.45, 2.75) is 105 Å². The normalized spacial score (nSPS) is 43.3. The van der Waals surface area contributed by atoms with Crippen LogP contribution in [0.1, 0.15) is 87.0 Å². The van der Waals surface area contributed by atoms with Crippen molar-refractivity contribution >= 4 is 11.8 Å². The van der Waals surface area contributed by atoms with Crippen LogP contribution in [-0.4, -0.2) is 34.3 Å². The number of rotatable bonds is 2. The molecule has 0 aromatic carbocycles. The van der Waals surface area contributed by atoms with Gasteiger partial charge in [-0.2, -0.15) is 0 Å². The van der Waals surface area contributed by atoms with Crippen LogP contribution < -0.4 is 5.32 Å². The topological polar surface area (TPSA) is 49.4 Å². The van der Waals surface area contributed by atoms with Crippen LogP contribution in [0.4, 0.5) is 0 Å². The Bertz CT molecular complexity index is 751. The van der Waals surface area contributed by atoms with Crippen LogP contribution in [0.15, 0.2) is 12.2 Å². The van der Waals surface area contributed by atoms with Crippen LogP contribution in [0.3, 0.4) is 0 Å². The maximum atomic E-state index is 13.2. The van der Waals surface area contributed by atoms with Gasteiger partial charge in [0.25, 0.3) is 0 Å². The molecule has 4 aliphatic rings. The van der Waals surface area contributed by atoms with E-state index in [9.17, 15) is 9.59 Å². The lowest BCUT2D eigenvalue weighted by molar-refractivity contribution is -0.147. The lowest BCUT2D eigenvalue weighted by Gasteiger charge is -2.61. The van der Waals surface area contributed by atoms with Crippen molar-refractivity contribution in [2.75, 3.05) is 0 Å². The van der Waals surface area contributed by atoms with E-state index in [-0.39, 0.29) is 40.1 Å². The molecule has 0 radical (unpaired) electrons. The third-order valence-corrected chi connectivity index (χ3v) is 9.27. The lowest BCUT2D eigenvalue weighted by Crippen LogP contribution is -2.62. The van der Waals surface area contributed by atoms with Gasteiger partial charge in [0.05, 0.1) is 0 Å². The molecule has 7 atom stereocenters. The van der Waals surface area contributed by atoms with Gasteiger partial charge in [0.2, 0.25) is 11.8 Å². The molecule has 0 aromatic rings. The highest BCUT2D eigenvalue weighted by molar-refractivity contribution is 5.89. The molecule has 3 aliphatic carbocycles. The number of nitrogens with one attached hydrogen (secondary N) is 1. The average Bonchev–Trinajstić information content (AvgIpc) is 2.97. The second-order valence-electron chi connectivity index (χ2n) is 12.4. The van der Waals surface area contributed by atoms with Crippen molar-refractivity contribution in [1.82, 2.24) is 10.2 Å². The second kappa shape index (κ2) is 7.10. The zero-order valence-electron chi connectivity index (χ0n) is 20.1. The summed E-state index contributed by atoms with van der Waals surface area (Å²) in [7, 11) is 0. The predicted octanol–water partition coefficient (Wildman–Crippen LogP) is 4.94. The van der Waals surface area contributed by atoms with E-state index in [1.807, 2.05) is 6.08 Å². The van der Waals surface area contributed by atoms with Gasteiger partial charge in [-0.1, -0.05) is 19.9 Å². The maximum absolute atomic E-state index is 13.2. The zero-order valence-corrected chi connectivity index (χ0v) is 20.1. The average molecular weight is 415 g/mol. The van der Waals surface area contributed by atoms with E-state index in [4.69, 9.17) is 0 Å². The number of nitrogens with zero attached hydrogens (tertiary/aromatic N) is 1. The Balaban J connectivity index is 1.60. The summed E-state index contributed by atoms with van der Waals surface area (Å²) in [5.41, 5.74) is 0.00776. The smallest absolute Gasteiger partial charge is 0.246 e. The molecule has 4 heteroatoms. The summed E-state index contributed by atoms with van der Waals surface area (Å²) >= 11 is 0. The fourth-order valence-electron chi connectivity index (χ4n) is 8.04. The van der Waals surface area contributed by atoms with Crippen molar-refractivity contribution in [3.8, 4) is 0 Å². The molecule has 3 fully saturated rings. The molecule has 0 bridgehead atoms. The molecule has 1 N–H and O–H groups in total. The molecule has 168 valence electrons. The Morgan fingerprint density at radius 3 is 2.43 bits per heavy atom. The molecular weight excluding hydrogens is 372 g/mol. The summed E-state index contributed by atoms with van der Waals surface area (Å²) in [5, 5.41) is 3.27. The number of hydrogen-bond donors (Lipinski definition) is 1. The summed E-state index contributed by atoms with van der Waals surface area (Å²) in [5.74, 6) is 2.51. The van der Waals surface area contributed by atoms with Gasteiger partial charge in [0.15, 0.2) is 0 Å². The third kappa shape index (κ3) is 3.24. The Morgan fingerprint density at radius 1 is 1.10 bits per heavy atom. The summed E-state index contributed by atoms with van der Waals surface area (Å²) in [6, 6.07) is 0.566. The van der Waals surface area contributed by atoms with Crippen molar-refractivity contribution < 1.29 is 9.59 Å². The first kappa shape index (κ1) is 21.9. The van der Waals surface area contributed by atoms with Crippen molar-refractivity contribution in [2.24, 2.45) is 34.5 Å². The molecule has 4 rings (SSSR count). The molecule has 0 spiro atoms. The predicted molar refractivity (Wildman–Crippen MR) is 121 cm³/mol. The first-order chi connectivity index (χ1) is 13.9. The van der Waals surface area contributed by atoms with E-state index < -0.39 is 0 Å². The van der Waals surface area contributed by atoms with Crippen LogP contribution in [-0.2, 0) is 9.59 Å². The minimum absolute atomic E-state index is 0.0637. The molecule has 0 saturated heterocycles. The lowest BCUT2D eigenvalue weighted by atomic mass is 9.47. The minimum atomic E-state index is -0.173. The van der Waals surface area contributed by atoms with Crippen molar-refractivity contribution in [3.63, 3.8) is 0 Å².